The van der Waals surface area contributed by atoms with E-state index in [0.29, 0.717) is 44.1 Å². The number of hydrogen-bond donors (Lipinski definition) is 3. The molecule has 1 heterocycles. The molecule has 7 aromatic rings. The standard InChI is InChI=1S/C20H17FO4S.C20H17FO3S.C17H14F3N3O2S/c1-12-17(9-13-3-6-15(7-4-13)26-25-24-2)16-8-5-14(21)10-19(16)18(12)11-20(22)23;1-12-17(9-13-3-6-15(7-4-13)25-24-2)16-8-5-14(21)10-19(16)18(12)11-20(22)23;1-11-2-4-12(5-3-11)15-10-16(17(18,19)20)22-23(15)13-6-8-14(9-7-13)26-25-24-21/h3-10H,11H2,1-2H3,(H,22,23);3-10H,11H2,1-2H3,(H,22,23);2-10H,21H2,1H3. The minimum atomic E-state index is -4.53. The lowest BCUT2D eigenvalue weighted by molar-refractivity contribution is -0.195. The van der Waals surface area contributed by atoms with Crippen LogP contribution in [0, 0.1) is 18.6 Å². The molecule has 2 aliphatic carbocycles. The van der Waals surface area contributed by atoms with Crippen molar-refractivity contribution in [2.75, 3.05) is 14.2 Å². The van der Waals surface area contributed by atoms with Gasteiger partial charge in [0.1, 0.15) is 11.6 Å². The highest BCUT2D eigenvalue weighted by Gasteiger charge is 2.35. The maximum absolute atomic E-state index is 13.7. The Hall–Kier alpha value is -7.11. The molecule has 398 valence electrons. The van der Waals surface area contributed by atoms with Crippen molar-refractivity contribution in [2.24, 2.45) is 5.90 Å². The van der Waals surface area contributed by atoms with Crippen molar-refractivity contribution in [3.63, 3.8) is 0 Å². The quantitative estimate of drug-likeness (QED) is 0.0362. The van der Waals surface area contributed by atoms with Crippen LogP contribution in [0.2, 0.25) is 0 Å². The first-order chi connectivity index (χ1) is 36.9. The zero-order valence-electron chi connectivity index (χ0n) is 41.7. The summed E-state index contributed by atoms with van der Waals surface area (Å²) in [6.07, 6.45) is -0.811. The van der Waals surface area contributed by atoms with E-state index in [-0.39, 0.29) is 24.5 Å². The second-order valence-electron chi connectivity index (χ2n) is 17.0. The Morgan fingerprint density at radius 3 is 1.49 bits per heavy atom. The maximum Gasteiger partial charge on any atom is 0.435 e. The number of carboxylic acids is 2. The van der Waals surface area contributed by atoms with Crippen LogP contribution in [-0.2, 0) is 38.5 Å². The lowest BCUT2D eigenvalue weighted by atomic mass is 10.0. The van der Waals surface area contributed by atoms with Crippen molar-refractivity contribution in [2.45, 2.75) is 54.5 Å². The molecule has 0 saturated heterocycles. The minimum absolute atomic E-state index is 0.122. The number of rotatable bonds is 16. The van der Waals surface area contributed by atoms with Gasteiger partial charge in [0, 0.05) is 32.3 Å². The fraction of sp³-hybridized carbons (Fsp3) is 0.140. The highest BCUT2D eigenvalue weighted by molar-refractivity contribution is 7.95. The smallest absolute Gasteiger partial charge is 0.435 e. The van der Waals surface area contributed by atoms with Gasteiger partial charge in [0.2, 0.25) is 0 Å². The average Bonchev–Trinajstić information content (AvgIpc) is 4.07. The first-order valence-corrected chi connectivity index (χ1v) is 25.3. The normalized spacial score (nSPS) is 13.8. The highest BCUT2D eigenvalue weighted by atomic mass is 32.2. The molecule has 20 heteroatoms. The average molecular weight is 1110 g/mol. The number of allylic oxidation sites excluding steroid dienone is 4. The summed E-state index contributed by atoms with van der Waals surface area (Å²) >= 11 is 3.28. The molecular formula is C57H48F5N3O9S3. The van der Waals surface area contributed by atoms with Gasteiger partial charge in [-0.1, -0.05) is 66.2 Å². The zero-order valence-corrected chi connectivity index (χ0v) is 44.1. The summed E-state index contributed by atoms with van der Waals surface area (Å²) in [7, 11) is 3.06. The molecule has 77 heavy (non-hydrogen) atoms. The third-order valence-electron chi connectivity index (χ3n) is 11.9. The van der Waals surface area contributed by atoms with Gasteiger partial charge < -0.3 is 14.4 Å². The molecule has 0 saturated carbocycles. The van der Waals surface area contributed by atoms with Crippen LogP contribution in [-0.4, -0.2) is 46.2 Å². The molecule has 0 amide bonds. The predicted octanol–water partition coefficient (Wildman–Crippen LogP) is 15.2. The monoisotopic (exact) mass is 1110 g/mol. The first kappa shape index (κ1) is 57.6. The molecule has 0 bridgehead atoms. The second-order valence-corrected chi connectivity index (χ2v) is 19.5. The van der Waals surface area contributed by atoms with Crippen LogP contribution in [0.1, 0.15) is 71.3 Å². The van der Waals surface area contributed by atoms with Crippen LogP contribution in [0.3, 0.4) is 0 Å². The molecule has 2 aliphatic rings. The van der Waals surface area contributed by atoms with E-state index in [1.807, 2.05) is 93.6 Å². The molecule has 12 nitrogen and oxygen atoms in total. The molecular weight excluding hydrogens is 1060 g/mol. The van der Waals surface area contributed by atoms with E-state index in [9.17, 15) is 41.8 Å². The van der Waals surface area contributed by atoms with E-state index in [4.69, 9.17) is 14.4 Å². The fourth-order valence-electron chi connectivity index (χ4n) is 8.36. The summed E-state index contributed by atoms with van der Waals surface area (Å²) < 4.78 is 82.5. The van der Waals surface area contributed by atoms with Crippen LogP contribution < -0.4 is 5.90 Å². The zero-order chi connectivity index (χ0) is 55.4. The Kier molecular flexibility index (Phi) is 19.7. The third-order valence-corrected chi connectivity index (χ3v) is 13.8. The molecule has 4 N–H and O–H groups in total. The first-order valence-electron chi connectivity index (χ1n) is 23.1. The third kappa shape index (κ3) is 14.9. The summed E-state index contributed by atoms with van der Waals surface area (Å²) in [5, 5.41) is 22.1. The van der Waals surface area contributed by atoms with Crippen molar-refractivity contribution in [3.8, 4) is 16.9 Å². The number of hydrogen-bond acceptors (Lipinski definition) is 12. The van der Waals surface area contributed by atoms with Crippen LogP contribution in [0.15, 0.2) is 165 Å². The molecule has 0 atom stereocenters. The molecule has 1 aromatic heterocycles. The summed E-state index contributed by atoms with van der Waals surface area (Å²) in [5.74, 6) is 2.17. The number of aryl methyl sites for hydroxylation is 1. The molecule has 0 fully saturated rings. The lowest BCUT2D eigenvalue weighted by Gasteiger charge is -2.09. The maximum atomic E-state index is 13.7. The number of fused-ring (bicyclic) bond motifs is 2. The van der Waals surface area contributed by atoms with Crippen LogP contribution >= 0.6 is 36.1 Å². The number of alkyl halides is 3. The largest absolute Gasteiger partial charge is 0.481 e. The van der Waals surface area contributed by atoms with Crippen molar-refractivity contribution in [1.82, 2.24) is 9.78 Å². The summed E-state index contributed by atoms with van der Waals surface area (Å²) in [6, 6.07) is 39.4. The molecule has 6 aromatic carbocycles. The van der Waals surface area contributed by atoms with Gasteiger partial charge >= 0.3 is 18.1 Å². The van der Waals surface area contributed by atoms with Crippen molar-refractivity contribution < 1.29 is 64.5 Å². The molecule has 0 unspecified atom stereocenters. The Morgan fingerprint density at radius 2 is 1.06 bits per heavy atom. The van der Waals surface area contributed by atoms with E-state index in [0.717, 1.165) is 90.1 Å². The number of benzene rings is 6. The van der Waals surface area contributed by atoms with Gasteiger partial charge in [-0.3, -0.25) is 9.59 Å². The second kappa shape index (κ2) is 26.3. The number of nitrogens with two attached hydrogens (primary N) is 1. The van der Waals surface area contributed by atoms with E-state index >= 15 is 0 Å². The van der Waals surface area contributed by atoms with Crippen LogP contribution in [0.5, 0.6) is 0 Å². The predicted molar refractivity (Wildman–Crippen MR) is 289 cm³/mol. The number of aromatic nitrogens is 2. The highest BCUT2D eigenvalue weighted by Crippen LogP contribution is 2.45. The number of halogens is 5. The molecule has 9 rings (SSSR count). The number of aliphatic carboxylic acids is 2. The van der Waals surface area contributed by atoms with Gasteiger partial charge in [-0.05, 0) is 179 Å². The lowest BCUT2D eigenvalue weighted by Crippen LogP contribution is -2.07. The van der Waals surface area contributed by atoms with Crippen LogP contribution in [0.4, 0.5) is 22.0 Å². The number of carboxylic acid groups (broad SMARTS) is 2. The van der Waals surface area contributed by atoms with Gasteiger partial charge in [0.25, 0.3) is 0 Å². The van der Waals surface area contributed by atoms with Gasteiger partial charge in [-0.25, -0.2) is 18.4 Å². The van der Waals surface area contributed by atoms with E-state index < -0.39 is 23.8 Å². The Balaban J connectivity index is 0.000000168. The summed E-state index contributed by atoms with van der Waals surface area (Å²) in [4.78, 5) is 33.5. The minimum Gasteiger partial charge on any atom is -0.481 e. The van der Waals surface area contributed by atoms with Gasteiger partial charge in [0.15, 0.2) is 5.69 Å². The van der Waals surface area contributed by atoms with Crippen molar-refractivity contribution in [3.05, 3.63) is 207 Å². The van der Waals surface area contributed by atoms with Gasteiger partial charge in [-0.2, -0.15) is 28.5 Å². The van der Waals surface area contributed by atoms with Gasteiger partial charge in [-0.15, -0.1) is 9.32 Å². The van der Waals surface area contributed by atoms with E-state index in [1.165, 1.54) is 48.1 Å². The van der Waals surface area contributed by atoms with E-state index in [2.05, 4.69) is 19.3 Å². The van der Waals surface area contributed by atoms with Crippen molar-refractivity contribution in [1.29, 1.82) is 0 Å². The number of carbonyl (C=O) groups is 2. The molecule has 0 spiro atoms. The van der Waals surface area contributed by atoms with E-state index in [1.54, 1.807) is 55.6 Å². The molecule has 0 radical (unpaired) electrons. The molecule has 0 aliphatic heterocycles. The SMILES string of the molecule is COOSc1ccc(C=C2C(C)=C(CC(=O)O)c3cc(F)ccc32)cc1.COSc1ccc(C=C2C(C)=C(CC(=O)O)c3cc(F)ccc32)cc1.Cc1ccc(-c2cc(C(F)(F)F)nn2-c2ccc(SOON)cc2)cc1. The topological polar surface area (TPSA) is 165 Å². The number of nitrogens with zero attached hydrogens (tertiary/aromatic N) is 2. The van der Waals surface area contributed by atoms with Crippen molar-refractivity contribution >= 4 is 82.5 Å². The Morgan fingerprint density at radius 1 is 0.610 bits per heavy atom. The summed E-state index contributed by atoms with van der Waals surface area (Å²) in [5.41, 5.74) is 11.4. The van der Waals surface area contributed by atoms with Gasteiger partial charge in [0.05, 0.1) is 62.5 Å². The fourth-order valence-corrected chi connectivity index (χ4v) is 9.55. The summed E-state index contributed by atoms with van der Waals surface area (Å²) in [6.45, 7) is 5.67. The van der Waals surface area contributed by atoms with Crippen LogP contribution in [0.25, 0.3) is 51.4 Å². The Labute approximate surface area is 453 Å². The Bertz CT molecular complexity index is 3380.